The largest absolute Gasteiger partial charge is 0.381 e. The number of hydrogen-bond donors (Lipinski definition) is 2. The molecule has 0 aliphatic carbocycles. The molecule has 2 rings (SSSR count). The second-order valence-electron chi connectivity index (χ2n) is 4.86. The van der Waals surface area contributed by atoms with Crippen LogP contribution in [-0.4, -0.2) is 32.2 Å². The number of amides is 1. The molecule has 1 heterocycles. The molecule has 0 spiro atoms. The lowest BCUT2D eigenvalue weighted by atomic mass is 10.0. The van der Waals surface area contributed by atoms with Gasteiger partial charge < -0.3 is 15.4 Å². The monoisotopic (exact) mass is 316 g/mol. The molecule has 4 nitrogen and oxygen atoms in total. The van der Waals surface area contributed by atoms with Crippen LogP contribution in [0.15, 0.2) is 18.2 Å². The Bertz CT molecular complexity index is 442. The molecular weight excluding hydrogens is 299 g/mol. The summed E-state index contributed by atoms with van der Waals surface area (Å²) < 4.78 is 5.39. The zero-order valence-electron chi connectivity index (χ0n) is 11.1. The van der Waals surface area contributed by atoms with Crippen molar-refractivity contribution in [3.05, 3.63) is 28.2 Å². The Morgan fingerprint density at radius 1 is 1.35 bits per heavy atom. The lowest BCUT2D eigenvalue weighted by Crippen LogP contribution is -2.34. The van der Waals surface area contributed by atoms with Crippen LogP contribution >= 0.6 is 23.2 Å². The average Bonchev–Trinajstić information content (AvgIpc) is 2.44. The SMILES string of the molecule is O=C(CNCC1CCCOC1)Nc1c(Cl)cccc1Cl. The van der Waals surface area contributed by atoms with Crippen LogP contribution in [0.5, 0.6) is 0 Å². The predicted octanol–water partition coefficient (Wildman–Crippen LogP) is 2.95. The van der Waals surface area contributed by atoms with Crippen LogP contribution in [0.1, 0.15) is 12.8 Å². The molecule has 2 N–H and O–H groups in total. The summed E-state index contributed by atoms with van der Waals surface area (Å²) in [7, 11) is 0. The van der Waals surface area contributed by atoms with Gasteiger partial charge in [0.15, 0.2) is 0 Å². The van der Waals surface area contributed by atoms with Crippen LogP contribution < -0.4 is 10.6 Å². The minimum absolute atomic E-state index is 0.156. The Hall–Kier alpha value is -0.810. The summed E-state index contributed by atoms with van der Waals surface area (Å²) in [4.78, 5) is 11.8. The Kier molecular flexibility index (Phi) is 6.10. The predicted molar refractivity (Wildman–Crippen MR) is 81.5 cm³/mol. The van der Waals surface area contributed by atoms with Gasteiger partial charge in [0.25, 0.3) is 0 Å². The average molecular weight is 317 g/mol. The minimum Gasteiger partial charge on any atom is -0.381 e. The third-order valence-corrected chi connectivity index (χ3v) is 3.83. The summed E-state index contributed by atoms with van der Waals surface area (Å²) in [5.41, 5.74) is 0.462. The van der Waals surface area contributed by atoms with E-state index >= 15 is 0 Å². The first kappa shape index (κ1) is 15.6. The van der Waals surface area contributed by atoms with Crippen molar-refractivity contribution in [2.24, 2.45) is 5.92 Å². The number of ether oxygens (including phenoxy) is 1. The number of carbonyl (C=O) groups excluding carboxylic acids is 1. The van der Waals surface area contributed by atoms with Crippen LogP contribution in [-0.2, 0) is 9.53 Å². The third kappa shape index (κ3) is 4.63. The molecule has 0 bridgehead atoms. The highest BCUT2D eigenvalue weighted by atomic mass is 35.5. The quantitative estimate of drug-likeness (QED) is 0.878. The van der Waals surface area contributed by atoms with Crippen LogP contribution in [0.3, 0.4) is 0 Å². The zero-order chi connectivity index (χ0) is 14.4. The molecule has 1 aliphatic heterocycles. The highest BCUT2D eigenvalue weighted by molar-refractivity contribution is 6.39. The van der Waals surface area contributed by atoms with E-state index in [4.69, 9.17) is 27.9 Å². The molecule has 1 fully saturated rings. The van der Waals surface area contributed by atoms with E-state index in [1.54, 1.807) is 18.2 Å². The number of hydrogen-bond acceptors (Lipinski definition) is 3. The molecule has 6 heteroatoms. The molecule has 20 heavy (non-hydrogen) atoms. The van der Waals surface area contributed by atoms with E-state index in [0.717, 1.165) is 32.6 Å². The fourth-order valence-corrected chi connectivity index (χ4v) is 2.65. The molecule has 0 aromatic heterocycles. The van der Waals surface area contributed by atoms with Gasteiger partial charge in [-0.15, -0.1) is 0 Å². The molecule has 1 aromatic rings. The molecule has 1 amide bonds. The first-order chi connectivity index (χ1) is 9.66. The Morgan fingerprint density at radius 2 is 2.10 bits per heavy atom. The number of rotatable bonds is 5. The number of carbonyl (C=O) groups is 1. The summed E-state index contributed by atoms with van der Waals surface area (Å²) in [6.45, 7) is 2.63. The number of para-hydroxylation sites is 1. The Labute approximate surface area is 128 Å². The number of nitrogens with one attached hydrogen (secondary N) is 2. The number of benzene rings is 1. The van der Waals surface area contributed by atoms with Gasteiger partial charge in [-0.1, -0.05) is 29.3 Å². The third-order valence-electron chi connectivity index (χ3n) is 3.20. The van der Waals surface area contributed by atoms with E-state index in [1.165, 1.54) is 0 Å². The fraction of sp³-hybridized carbons (Fsp3) is 0.500. The molecular formula is C14H18Cl2N2O2. The fourth-order valence-electron chi connectivity index (χ4n) is 2.16. The van der Waals surface area contributed by atoms with Gasteiger partial charge in [0.2, 0.25) is 5.91 Å². The summed E-state index contributed by atoms with van der Waals surface area (Å²) in [5, 5.41) is 6.73. The Morgan fingerprint density at radius 3 is 2.75 bits per heavy atom. The minimum atomic E-state index is -0.156. The highest BCUT2D eigenvalue weighted by Gasteiger charge is 2.14. The van der Waals surface area contributed by atoms with Crippen LogP contribution in [0.2, 0.25) is 10.0 Å². The van der Waals surface area contributed by atoms with Crippen molar-refractivity contribution >= 4 is 34.8 Å². The summed E-state index contributed by atoms with van der Waals surface area (Å²) in [6.07, 6.45) is 2.23. The van der Waals surface area contributed by atoms with Crippen LogP contribution in [0.25, 0.3) is 0 Å². The van der Waals surface area contributed by atoms with Crippen molar-refractivity contribution in [1.82, 2.24) is 5.32 Å². The summed E-state index contributed by atoms with van der Waals surface area (Å²) in [5.74, 6) is 0.331. The summed E-state index contributed by atoms with van der Waals surface area (Å²) >= 11 is 12.0. The van der Waals surface area contributed by atoms with Crippen molar-refractivity contribution in [3.8, 4) is 0 Å². The molecule has 0 radical (unpaired) electrons. The molecule has 1 saturated heterocycles. The van der Waals surface area contributed by atoms with Crippen molar-refractivity contribution in [2.75, 3.05) is 31.6 Å². The maximum Gasteiger partial charge on any atom is 0.238 e. The lowest BCUT2D eigenvalue weighted by Gasteiger charge is -2.22. The zero-order valence-corrected chi connectivity index (χ0v) is 12.6. The van der Waals surface area contributed by atoms with E-state index in [-0.39, 0.29) is 12.5 Å². The van der Waals surface area contributed by atoms with E-state index in [9.17, 15) is 4.79 Å². The standard InChI is InChI=1S/C14H18Cl2N2O2/c15-11-4-1-5-12(16)14(11)18-13(19)8-17-7-10-3-2-6-20-9-10/h1,4-5,10,17H,2-3,6-9H2,(H,18,19). The molecule has 110 valence electrons. The second-order valence-corrected chi connectivity index (χ2v) is 5.67. The molecule has 0 saturated carbocycles. The van der Waals surface area contributed by atoms with Crippen molar-refractivity contribution < 1.29 is 9.53 Å². The van der Waals surface area contributed by atoms with Crippen LogP contribution in [0.4, 0.5) is 5.69 Å². The van der Waals surface area contributed by atoms with Crippen molar-refractivity contribution in [3.63, 3.8) is 0 Å². The highest BCUT2D eigenvalue weighted by Crippen LogP contribution is 2.29. The van der Waals surface area contributed by atoms with E-state index in [0.29, 0.717) is 21.7 Å². The van der Waals surface area contributed by atoms with E-state index < -0.39 is 0 Å². The number of halogens is 2. The van der Waals surface area contributed by atoms with Gasteiger partial charge in [0.1, 0.15) is 0 Å². The van der Waals surface area contributed by atoms with Gasteiger partial charge in [0, 0.05) is 13.2 Å². The van der Waals surface area contributed by atoms with E-state index in [1.807, 2.05) is 0 Å². The molecule has 1 aromatic carbocycles. The molecule has 1 aliphatic rings. The number of anilines is 1. The normalized spacial score (nSPS) is 18.8. The lowest BCUT2D eigenvalue weighted by molar-refractivity contribution is -0.115. The molecule has 1 atom stereocenters. The second kappa shape index (κ2) is 7.84. The first-order valence-corrected chi connectivity index (χ1v) is 7.44. The first-order valence-electron chi connectivity index (χ1n) is 6.69. The molecule has 1 unspecified atom stereocenters. The van der Waals surface area contributed by atoms with Gasteiger partial charge in [-0.2, -0.15) is 0 Å². The maximum atomic E-state index is 11.8. The topological polar surface area (TPSA) is 50.4 Å². The van der Waals surface area contributed by atoms with Crippen molar-refractivity contribution in [1.29, 1.82) is 0 Å². The van der Waals surface area contributed by atoms with Crippen molar-refractivity contribution in [2.45, 2.75) is 12.8 Å². The van der Waals surface area contributed by atoms with E-state index in [2.05, 4.69) is 10.6 Å². The maximum absolute atomic E-state index is 11.8. The summed E-state index contributed by atoms with van der Waals surface area (Å²) in [6, 6.07) is 5.12. The van der Waals surface area contributed by atoms with Gasteiger partial charge in [0.05, 0.1) is 28.9 Å². The van der Waals surface area contributed by atoms with Gasteiger partial charge in [-0.05, 0) is 30.9 Å². The van der Waals surface area contributed by atoms with Gasteiger partial charge >= 0.3 is 0 Å². The van der Waals surface area contributed by atoms with Gasteiger partial charge in [-0.3, -0.25) is 4.79 Å². The van der Waals surface area contributed by atoms with Crippen LogP contribution in [0, 0.1) is 5.92 Å². The Balaban J connectivity index is 1.75. The smallest absolute Gasteiger partial charge is 0.238 e. The van der Waals surface area contributed by atoms with Gasteiger partial charge in [-0.25, -0.2) is 0 Å².